The molecule has 1 heterocycles. The van der Waals surface area contributed by atoms with E-state index in [0.717, 1.165) is 24.1 Å². The third-order valence-corrected chi connectivity index (χ3v) is 3.67. The highest BCUT2D eigenvalue weighted by atomic mass is 127. The molecule has 1 aromatic heterocycles. The van der Waals surface area contributed by atoms with E-state index in [0.29, 0.717) is 12.2 Å². The van der Waals surface area contributed by atoms with E-state index in [1.807, 2.05) is 12.1 Å². The van der Waals surface area contributed by atoms with Gasteiger partial charge in [0.25, 0.3) is 0 Å². The molecule has 0 amide bonds. The van der Waals surface area contributed by atoms with Crippen molar-refractivity contribution in [3.8, 4) is 0 Å². The van der Waals surface area contributed by atoms with Crippen LogP contribution in [0.5, 0.6) is 0 Å². The van der Waals surface area contributed by atoms with E-state index in [4.69, 9.17) is 4.74 Å². The zero-order chi connectivity index (χ0) is 14.5. The number of hydrogen-bond donors (Lipinski definition) is 0. The molecule has 0 saturated heterocycles. The smallest absolute Gasteiger partial charge is 0.360 e. The minimum atomic E-state index is -0.428. The summed E-state index contributed by atoms with van der Waals surface area (Å²) in [5.74, 6) is -0.428. The van der Waals surface area contributed by atoms with Crippen LogP contribution in [0.1, 0.15) is 35.1 Å². The van der Waals surface area contributed by atoms with Gasteiger partial charge in [-0.2, -0.15) is 0 Å². The number of esters is 1. The van der Waals surface area contributed by atoms with Gasteiger partial charge in [-0.1, -0.05) is 30.7 Å². The molecule has 0 aliphatic heterocycles. The minimum Gasteiger partial charge on any atom is -0.464 e. The molecular formula is C14H16IN3O2. The molecule has 20 heavy (non-hydrogen) atoms. The Kier molecular flexibility index (Phi) is 5.11. The van der Waals surface area contributed by atoms with Crippen molar-refractivity contribution in [2.24, 2.45) is 0 Å². The summed E-state index contributed by atoms with van der Waals surface area (Å²) in [4.78, 5) is 11.7. The van der Waals surface area contributed by atoms with Gasteiger partial charge in [-0.05, 0) is 46.7 Å². The van der Waals surface area contributed by atoms with Gasteiger partial charge in [0.15, 0.2) is 5.69 Å². The number of benzene rings is 1. The lowest BCUT2D eigenvalue weighted by Crippen LogP contribution is -2.10. The van der Waals surface area contributed by atoms with Gasteiger partial charge in [-0.25, -0.2) is 9.48 Å². The van der Waals surface area contributed by atoms with Crippen molar-refractivity contribution >= 4 is 28.6 Å². The fourth-order valence-electron chi connectivity index (χ4n) is 1.96. The predicted octanol–water partition coefficient (Wildman–Crippen LogP) is 2.67. The average Bonchev–Trinajstić information content (AvgIpc) is 2.84. The first kappa shape index (κ1) is 15.0. The van der Waals surface area contributed by atoms with Crippen LogP contribution < -0.4 is 0 Å². The molecule has 0 aliphatic rings. The van der Waals surface area contributed by atoms with E-state index in [-0.39, 0.29) is 0 Å². The fraction of sp³-hybridized carbons (Fsp3) is 0.357. The molecule has 0 unspecified atom stereocenters. The van der Waals surface area contributed by atoms with Gasteiger partial charge in [-0.15, -0.1) is 5.10 Å². The van der Waals surface area contributed by atoms with Crippen molar-refractivity contribution in [1.82, 2.24) is 15.0 Å². The van der Waals surface area contributed by atoms with Crippen LogP contribution in [-0.4, -0.2) is 28.1 Å². The zero-order valence-electron chi connectivity index (χ0n) is 11.5. The van der Waals surface area contributed by atoms with Crippen LogP contribution in [0.15, 0.2) is 24.3 Å². The molecule has 1 aromatic carbocycles. The Morgan fingerprint density at radius 2 is 2.05 bits per heavy atom. The van der Waals surface area contributed by atoms with Crippen molar-refractivity contribution in [2.45, 2.75) is 26.3 Å². The molecule has 2 aromatic rings. The van der Waals surface area contributed by atoms with Gasteiger partial charge < -0.3 is 4.74 Å². The monoisotopic (exact) mass is 385 g/mol. The number of aromatic nitrogens is 3. The van der Waals surface area contributed by atoms with Crippen molar-refractivity contribution < 1.29 is 9.53 Å². The highest BCUT2D eigenvalue weighted by Crippen LogP contribution is 2.13. The van der Waals surface area contributed by atoms with Crippen LogP contribution in [0, 0.1) is 3.57 Å². The highest BCUT2D eigenvalue weighted by Gasteiger charge is 2.19. The zero-order valence-corrected chi connectivity index (χ0v) is 13.6. The maximum absolute atomic E-state index is 11.7. The summed E-state index contributed by atoms with van der Waals surface area (Å²) in [6, 6.07) is 8.20. The first-order chi connectivity index (χ1) is 9.65. The van der Waals surface area contributed by atoms with Crippen molar-refractivity contribution in [2.75, 3.05) is 7.11 Å². The van der Waals surface area contributed by atoms with Crippen LogP contribution in [0.2, 0.25) is 0 Å². The Morgan fingerprint density at radius 1 is 1.35 bits per heavy atom. The Hall–Kier alpha value is -1.44. The number of hydrogen-bond acceptors (Lipinski definition) is 4. The maximum Gasteiger partial charge on any atom is 0.360 e. The number of halogens is 1. The summed E-state index contributed by atoms with van der Waals surface area (Å²) in [6.07, 6.45) is 1.67. The quantitative estimate of drug-likeness (QED) is 0.587. The van der Waals surface area contributed by atoms with E-state index >= 15 is 0 Å². The van der Waals surface area contributed by atoms with E-state index < -0.39 is 5.97 Å². The Bertz CT molecular complexity index is 593. The number of carbonyl (C=O) groups is 1. The molecular weight excluding hydrogens is 369 g/mol. The van der Waals surface area contributed by atoms with Gasteiger partial charge in [0.2, 0.25) is 0 Å². The largest absolute Gasteiger partial charge is 0.464 e. The molecule has 0 saturated carbocycles. The number of nitrogens with zero attached hydrogens (tertiary/aromatic N) is 3. The lowest BCUT2D eigenvalue weighted by Gasteiger charge is -2.07. The minimum absolute atomic E-state index is 0.319. The molecule has 0 bridgehead atoms. The number of methoxy groups -OCH3 is 1. The predicted molar refractivity (Wildman–Crippen MR) is 83.6 cm³/mol. The molecule has 106 valence electrons. The Morgan fingerprint density at radius 3 is 2.65 bits per heavy atom. The van der Waals surface area contributed by atoms with Gasteiger partial charge in [0.05, 0.1) is 19.3 Å². The Labute approximate surface area is 131 Å². The SMILES string of the molecule is CCCc1c(C(=O)OC)nnn1Cc1ccc(I)cc1. The normalized spacial score (nSPS) is 10.6. The molecule has 0 N–H and O–H groups in total. The summed E-state index contributed by atoms with van der Waals surface area (Å²) in [5, 5.41) is 8.04. The van der Waals surface area contributed by atoms with Crippen LogP contribution in [0.25, 0.3) is 0 Å². The van der Waals surface area contributed by atoms with Crippen LogP contribution in [0.3, 0.4) is 0 Å². The summed E-state index contributed by atoms with van der Waals surface area (Å²) < 4.78 is 7.71. The van der Waals surface area contributed by atoms with Crippen LogP contribution >= 0.6 is 22.6 Å². The molecule has 0 fully saturated rings. The summed E-state index contributed by atoms with van der Waals surface area (Å²) in [6.45, 7) is 2.67. The molecule has 0 atom stereocenters. The number of ether oxygens (including phenoxy) is 1. The van der Waals surface area contributed by atoms with Crippen molar-refractivity contribution in [3.63, 3.8) is 0 Å². The topological polar surface area (TPSA) is 57.0 Å². The van der Waals surface area contributed by atoms with Gasteiger partial charge in [0, 0.05) is 3.57 Å². The fourth-order valence-corrected chi connectivity index (χ4v) is 2.32. The summed E-state index contributed by atoms with van der Waals surface area (Å²) >= 11 is 2.27. The lowest BCUT2D eigenvalue weighted by molar-refractivity contribution is 0.0592. The molecule has 0 spiro atoms. The number of carbonyl (C=O) groups excluding carboxylic acids is 1. The van der Waals surface area contributed by atoms with Gasteiger partial charge in [-0.3, -0.25) is 0 Å². The third kappa shape index (κ3) is 3.36. The maximum atomic E-state index is 11.7. The van der Waals surface area contributed by atoms with Crippen LogP contribution in [-0.2, 0) is 17.7 Å². The molecule has 0 aliphatic carbocycles. The first-order valence-corrected chi connectivity index (χ1v) is 7.48. The molecule has 5 nitrogen and oxygen atoms in total. The van der Waals surface area contributed by atoms with E-state index in [9.17, 15) is 4.79 Å². The highest BCUT2D eigenvalue weighted by molar-refractivity contribution is 14.1. The molecule has 0 radical (unpaired) electrons. The molecule has 2 rings (SSSR count). The summed E-state index contributed by atoms with van der Waals surface area (Å²) in [7, 11) is 1.36. The first-order valence-electron chi connectivity index (χ1n) is 6.40. The van der Waals surface area contributed by atoms with Gasteiger partial charge in [0.1, 0.15) is 0 Å². The lowest BCUT2D eigenvalue weighted by atomic mass is 10.2. The second-order valence-corrected chi connectivity index (χ2v) is 5.66. The average molecular weight is 385 g/mol. The van der Waals surface area contributed by atoms with E-state index in [1.165, 1.54) is 10.7 Å². The van der Waals surface area contributed by atoms with Crippen molar-refractivity contribution in [3.05, 3.63) is 44.8 Å². The van der Waals surface area contributed by atoms with Crippen molar-refractivity contribution in [1.29, 1.82) is 0 Å². The van der Waals surface area contributed by atoms with Gasteiger partial charge >= 0.3 is 5.97 Å². The summed E-state index contributed by atoms with van der Waals surface area (Å²) in [5.41, 5.74) is 2.28. The van der Waals surface area contributed by atoms with Crippen LogP contribution in [0.4, 0.5) is 0 Å². The standard InChI is InChI=1S/C14H16IN3O2/c1-3-4-12-13(14(19)20-2)16-17-18(12)9-10-5-7-11(15)8-6-10/h5-8H,3-4,9H2,1-2H3. The Balaban J connectivity index is 2.29. The molecule has 6 heteroatoms. The number of rotatable bonds is 5. The second kappa shape index (κ2) is 6.83. The third-order valence-electron chi connectivity index (χ3n) is 2.95. The second-order valence-electron chi connectivity index (χ2n) is 4.41. The van der Waals surface area contributed by atoms with E-state index in [2.05, 4.69) is 52.0 Å². The van der Waals surface area contributed by atoms with E-state index in [1.54, 1.807) is 4.68 Å².